The summed E-state index contributed by atoms with van der Waals surface area (Å²) in [5.41, 5.74) is 5.79. The third kappa shape index (κ3) is 4.47. The minimum Gasteiger partial charge on any atom is -0.494 e. The molecule has 3 aromatic carbocycles. The molecule has 2 unspecified atom stereocenters. The molecule has 2 N–H and O–H groups in total. The number of carbonyl (C=O) groups is 1. The minimum atomic E-state index is -0.552. The number of nitrogens with one attached hydrogen (secondary N) is 2. The maximum atomic E-state index is 13.3. The number of fused-ring (bicyclic) bond motifs is 1. The van der Waals surface area contributed by atoms with Crippen LogP contribution in [0.3, 0.4) is 0 Å². The Hall–Kier alpha value is -3.85. The smallest absolute Gasteiger partial charge is 0.240 e. The SMILES string of the molecule is CCOc1ccc(C2Nn3c(nnc3-c3ccccc3)SC2C(=O)Nc2ccc(F)cc2)cc1. The van der Waals surface area contributed by atoms with Crippen molar-refractivity contribution in [3.05, 3.63) is 90.2 Å². The Labute approximate surface area is 200 Å². The van der Waals surface area contributed by atoms with Crippen LogP contribution in [0.25, 0.3) is 11.4 Å². The molecule has 172 valence electrons. The van der Waals surface area contributed by atoms with Crippen molar-refractivity contribution in [3.63, 3.8) is 0 Å². The molecule has 0 bridgehead atoms. The molecule has 1 amide bonds. The fourth-order valence-corrected chi connectivity index (χ4v) is 4.84. The molecular formula is C25H22FN5O2S. The van der Waals surface area contributed by atoms with Crippen LogP contribution in [0.2, 0.25) is 0 Å². The van der Waals surface area contributed by atoms with Gasteiger partial charge in [0.1, 0.15) is 16.8 Å². The van der Waals surface area contributed by atoms with Crippen molar-refractivity contribution in [2.24, 2.45) is 0 Å². The van der Waals surface area contributed by atoms with Crippen LogP contribution in [0.4, 0.5) is 10.1 Å². The van der Waals surface area contributed by atoms with Gasteiger partial charge >= 0.3 is 0 Å². The number of thioether (sulfide) groups is 1. The van der Waals surface area contributed by atoms with Crippen LogP contribution in [-0.4, -0.2) is 32.6 Å². The lowest BCUT2D eigenvalue weighted by molar-refractivity contribution is -0.116. The van der Waals surface area contributed by atoms with Gasteiger partial charge in [-0.05, 0) is 48.9 Å². The largest absolute Gasteiger partial charge is 0.494 e. The van der Waals surface area contributed by atoms with Crippen molar-refractivity contribution in [2.45, 2.75) is 23.4 Å². The van der Waals surface area contributed by atoms with Crippen LogP contribution in [0, 0.1) is 5.82 Å². The number of ether oxygens (including phenoxy) is 1. The highest BCUT2D eigenvalue weighted by molar-refractivity contribution is 8.00. The fraction of sp³-hybridized carbons (Fsp3) is 0.160. The first-order valence-corrected chi connectivity index (χ1v) is 11.7. The van der Waals surface area contributed by atoms with Crippen molar-refractivity contribution in [3.8, 4) is 17.1 Å². The quantitative estimate of drug-likeness (QED) is 0.414. The number of anilines is 1. The van der Waals surface area contributed by atoms with Crippen LogP contribution < -0.4 is 15.5 Å². The lowest BCUT2D eigenvalue weighted by Crippen LogP contribution is -2.41. The first-order valence-electron chi connectivity index (χ1n) is 10.9. The summed E-state index contributed by atoms with van der Waals surface area (Å²) in [6.45, 7) is 2.51. The summed E-state index contributed by atoms with van der Waals surface area (Å²) >= 11 is 1.33. The average molecular weight is 476 g/mol. The molecule has 0 aliphatic carbocycles. The lowest BCUT2D eigenvalue weighted by Gasteiger charge is -2.33. The third-order valence-electron chi connectivity index (χ3n) is 5.39. The second kappa shape index (κ2) is 9.56. The van der Waals surface area contributed by atoms with E-state index in [2.05, 4.69) is 20.9 Å². The highest BCUT2D eigenvalue weighted by Crippen LogP contribution is 2.39. The highest BCUT2D eigenvalue weighted by Gasteiger charge is 2.38. The van der Waals surface area contributed by atoms with Gasteiger partial charge in [-0.25, -0.2) is 9.07 Å². The van der Waals surface area contributed by atoms with E-state index in [-0.39, 0.29) is 17.8 Å². The Morgan fingerprint density at radius 3 is 2.50 bits per heavy atom. The fourth-order valence-electron chi connectivity index (χ4n) is 3.76. The minimum absolute atomic E-state index is 0.224. The van der Waals surface area contributed by atoms with Gasteiger partial charge in [0.2, 0.25) is 11.1 Å². The zero-order valence-electron chi connectivity index (χ0n) is 18.3. The number of rotatable bonds is 6. The maximum absolute atomic E-state index is 13.3. The summed E-state index contributed by atoms with van der Waals surface area (Å²) < 4.78 is 20.7. The molecule has 0 radical (unpaired) electrons. The average Bonchev–Trinajstić information content (AvgIpc) is 3.29. The lowest BCUT2D eigenvalue weighted by atomic mass is 10.0. The van der Waals surface area contributed by atoms with E-state index in [1.165, 1.54) is 36.0 Å². The van der Waals surface area contributed by atoms with Crippen LogP contribution in [0.5, 0.6) is 5.75 Å². The number of nitrogens with zero attached hydrogens (tertiary/aromatic N) is 3. The number of amides is 1. The second-order valence-corrected chi connectivity index (χ2v) is 8.76. The number of aromatic nitrogens is 3. The molecule has 1 aliphatic rings. The normalized spacial score (nSPS) is 16.9. The van der Waals surface area contributed by atoms with Crippen LogP contribution in [0.15, 0.2) is 84.0 Å². The van der Waals surface area contributed by atoms with E-state index in [0.29, 0.717) is 23.3 Å². The van der Waals surface area contributed by atoms with E-state index < -0.39 is 5.25 Å². The molecule has 5 rings (SSSR count). The van der Waals surface area contributed by atoms with Gasteiger partial charge in [0.05, 0.1) is 12.6 Å². The maximum Gasteiger partial charge on any atom is 0.240 e. The summed E-state index contributed by atoms with van der Waals surface area (Å²) in [5.74, 6) is 0.840. The number of halogens is 1. The molecule has 0 fully saturated rings. The van der Waals surface area contributed by atoms with E-state index >= 15 is 0 Å². The zero-order chi connectivity index (χ0) is 23.5. The van der Waals surface area contributed by atoms with Crippen LogP contribution in [0.1, 0.15) is 18.5 Å². The Bertz CT molecular complexity index is 1280. The topological polar surface area (TPSA) is 81.1 Å². The summed E-state index contributed by atoms with van der Waals surface area (Å²) in [7, 11) is 0. The number of carbonyl (C=O) groups excluding carboxylic acids is 1. The van der Waals surface area contributed by atoms with Crippen molar-refractivity contribution in [1.82, 2.24) is 14.9 Å². The number of hydrogen-bond acceptors (Lipinski definition) is 6. The summed E-state index contributed by atoms with van der Waals surface area (Å²) in [6, 6.07) is 22.7. The van der Waals surface area contributed by atoms with Gasteiger partial charge in [-0.15, -0.1) is 10.2 Å². The van der Waals surface area contributed by atoms with Gasteiger partial charge < -0.3 is 15.5 Å². The van der Waals surface area contributed by atoms with E-state index in [1.54, 1.807) is 0 Å². The summed E-state index contributed by atoms with van der Waals surface area (Å²) in [5, 5.41) is 11.6. The van der Waals surface area contributed by atoms with Crippen molar-refractivity contribution < 1.29 is 13.9 Å². The van der Waals surface area contributed by atoms with Gasteiger partial charge in [-0.3, -0.25) is 4.79 Å². The first-order chi connectivity index (χ1) is 16.6. The van der Waals surface area contributed by atoms with Gasteiger partial charge in [0.25, 0.3) is 0 Å². The predicted molar refractivity (Wildman–Crippen MR) is 130 cm³/mol. The van der Waals surface area contributed by atoms with Crippen LogP contribution in [-0.2, 0) is 4.79 Å². The number of benzene rings is 3. The van der Waals surface area contributed by atoms with Crippen molar-refractivity contribution >= 4 is 23.4 Å². The molecule has 1 aromatic heterocycles. The number of hydrogen-bond donors (Lipinski definition) is 2. The summed E-state index contributed by atoms with van der Waals surface area (Å²) in [6.07, 6.45) is 0. The standard InChI is InChI=1S/C25H22FN5O2S/c1-2-33-20-14-8-16(9-15-20)21-22(24(32)27-19-12-10-18(26)11-13-19)34-25-29-28-23(31(25)30-21)17-6-4-3-5-7-17/h3-15,21-22,30H,2H2,1H3,(H,27,32). The molecule has 0 saturated heterocycles. The summed E-state index contributed by atoms with van der Waals surface area (Å²) in [4.78, 5) is 13.3. The van der Waals surface area contributed by atoms with E-state index in [4.69, 9.17) is 4.74 Å². The Balaban J connectivity index is 1.49. The zero-order valence-corrected chi connectivity index (χ0v) is 19.1. The van der Waals surface area contributed by atoms with E-state index in [9.17, 15) is 9.18 Å². The molecule has 2 heterocycles. The van der Waals surface area contributed by atoms with Crippen molar-refractivity contribution in [1.29, 1.82) is 0 Å². The van der Waals surface area contributed by atoms with Gasteiger partial charge in [0, 0.05) is 11.3 Å². The molecule has 34 heavy (non-hydrogen) atoms. The van der Waals surface area contributed by atoms with E-state index in [0.717, 1.165) is 16.9 Å². The first kappa shape index (κ1) is 22.0. The molecule has 0 saturated carbocycles. The van der Waals surface area contributed by atoms with Gasteiger partial charge in [-0.1, -0.05) is 54.2 Å². The van der Waals surface area contributed by atoms with Gasteiger partial charge in [0.15, 0.2) is 5.82 Å². The highest BCUT2D eigenvalue weighted by atomic mass is 32.2. The van der Waals surface area contributed by atoms with Crippen LogP contribution >= 0.6 is 11.8 Å². The monoisotopic (exact) mass is 475 g/mol. The Kier molecular flexibility index (Phi) is 6.18. The molecular weight excluding hydrogens is 453 g/mol. The molecule has 9 heteroatoms. The predicted octanol–water partition coefficient (Wildman–Crippen LogP) is 4.88. The molecule has 2 atom stereocenters. The molecule has 4 aromatic rings. The van der Waals surface area contributed by atoms with Gasteiger partial charge in [-0.2, -0.15) is 0 Å². The third-order valence-corrected chi connectivity index (χ3v) is 6.60. The Morgan fingerprint density at radius 1 is 1.06 bits per heavy atom. The second-order valence-electron chi connectivity index (χ2n) is 7.65. The molecule has 1 aliphatic heterocycles. The molecule has 0 spiro atoms. The Morgan fingerprint density at radius 2 is 1.79 bits per heavy atom. The van der Waals surface area contributed by atoms with E-state index in [1.807, 2.05) is 66.2 Å². The van der Waals surface area contributed by atoms with Crippen molar-refractivity contribution in [2.75, 3.05) is 17.3 Å². The molecule has 7 nitrogen and oxygen atoms in total.